The van der Waals surface area contributed by atoms with Gasteiger partial charge in [0.1, 0.15) is 5.69 Å². The second-order valence-corrected chi connectivity index (χ2v) is 15.3. The first kappa shape index (κ1) is 28.8. The van der Waals surface area contributed by atoms with Crippen molar-refractivity contribution in [2.45, 2.75) is 46.6 Å². The van der Waals surface area contributed by atoms with Crippen LogP contribution in [0, 0.1) is 20.8 Å². The van der Waals surface area contributed by atoms with Crippen LogP contribution in [0.15, 0.2) is 39.9 Å². The SMILES string of the molecule is CCS(=O)(=O)N1CCC(Nc2c(Br)cnc3c2N=C(c2cc(C)n(-c4ccc(NS(C)(=O)=O)cc4C)c2C)C3)C1. The lowest BCUT2D eigenvalue weighted by Crippen LogP contribution is -2.32. The fourth-order valence-electron chi connectivity index (χ4n) is 5.49. The van der Waals surface area contributed by atoms with E-state index in [9.17, 15) is 16.8 Å². The zero-order chi connectivity index (χ0) is 29.0. The second-order valence-electron chi connectivity index (χ2n) is 10.4. The molecule has 1 atom stereocenters. The van der Waals surface area contributed by atoms with Crippen molar-refractivity contribution in [2.75, 3.05) is 35.1 Å². The van der Waals surface area contributed by atoms with Crippen LogP contribution >= 0.6 is 15.9 Å². The number of rotatable bonds is 8. The van der Waals surface area contributed by atoms with Crippen LogP contribution in [0.4, 0.5) is 17.1 Å². The largest absolute Gasteiger partial charge is 0.378 e. The Kier molecular flexibility index (Phi) is 7.62. The minimum absolute atomic E-state index is 0.0171. The molecule has 2 aliphatic rings. The van der Waals surface area contributed by atoms with Crippen molar-refractivity contribution in [1.29, 1.82) is 0 Å². The molecule has 3 aromatic rings. The Balaban J connectivity index is 1.44. The van der Waals surface area contributed by atoms with Gasteiger partial charge in [-0.25, -0.2) is 21.8 Å². The highest BCUT2D eigenvalue weighted by atomic mass is 79.9. The maximum atomic E-state index is 12.3. The van der Waals surface area contributed by atoms with Crippen molar-refractivity contribution in [3.05, 3.63) is 63.1 Å². The lowest BCUT2D eigenvalue weighted by molar-refractivity contribution is 0.475. The average molecular weight is 650 g/mol. The molecule has 1 fully saturated rings. The monoisotopic (exact) mass is 648 g/mol. The topological polar surface area (TPSA) is 126 Å². The van der Waals surface area contributed by atoms with Crippen molar-refractivity contribution in [1.82, 2.24) is 13.9 Å². The van der Waals surface area contributed by atoms with E-state index in [2.05, 4.69) is 48.5 Å². The van der Waals surface area contributed by atoms with Gasteiger partial charge < -0.3 is 9.88 Å². The summed E-state index contributed by atoms with van der Waals surface area (Å²) >= 11 is 3.62. The summed E-state index contributed by atoms with van der Waals surface area (Å²) in [6, 6.07) is 7.61. The third kappa shape index (κ3) is 5.56. The molecule has 40 heavy (non-hydrogen) atoms. The van der Waals surface area contributed by atoms with Gasteiger partial charge in [0.15, 0.2) is 0 Å². The number of halogens is 1. The fourth-order valence-corrected chi connectivity index (χ4v) is 7.60. The second kappa shape index (κ2) is 10.6. The van der Waals surface area contributed by atoms with Crippen LogP contribution in [0.25, 0.3) is 5.69 Å². The lowest BCUT2D eigenvalue weighted by atomic mass is 10.1. The normalized spacial score (nSPS) is 17.6. The number of hydrogen-bond donors (Lipinski definition) is 2. The van der Waals surface area contributed by atoms with Gasteiger partial charge in [-0.1, -0.05) is 0 Å². The summed E-state index contributed by atoms with van der Waals surface area (Å²) in [7, 11) is -6.59. The Morgan fingerprint density at radius 2 is 1.88 bits per heavy atom. The van der Waals surface area contributed by atoms with Gasteiger partial charge in [0, 0.05) is 60.1 Å². The predicted molar refractivity (Wildman–Crippen MR) is 163 cm³/mol. The number of nitrogens with one attached hydrogen (secondary N) is 2. The highest BCUT2D eigenvalue weighted by Crippen LogP contribution is 2.41. The Labute approximate surface area is 244 Å². The van der Waals surface area contributed by atoms with Crippen LogP contribution in [0.5, 0.6) is 0 Å². The molecule has 1 aromatic carbocycles. The molecule has 0 bridgehead atoms. The number of benzene rings is 1. The molecule has 2 aliphatic heterocycles. The smallest absolute Gasteiger partial charge is 0.229 e. The van der Waals surface area contributed by atoms with Crippen LogP contribution in [0.2, 0.25) is 0 Å². The molecule has 0 radical (unpaired) electrons. The van der Waals surface area contributed by atoms with E-state index in [1.54, 1.807) is 23.5 Å². The molecular formula is C27H33BrN6O4S2. The average Bonchev–Trinajstić information content (AvgIpc) is 3.58. The van der Waals surface area contributed by atoms with Crippen molar-refractivity contribution < 1.29 is 16.8 Å². The summed E-state index contributed by atoms with van der Waals surface area (Å²) in [4.78, 5) is 9.67. The third-order valence-corrected chi connectivity index (χ3v) is 10.5. The zero-order valence-corrected chi connectivity index (χ0v) is 26.3. The molecule has 5 rings (SSSR count). The van der Waals surface area contributed by atoms with Crippen molar-refractivity contribution in [2.24, 2.45) is 4.99 Å². The van der Waals surface area contributed by atoms with Crippen LogP contribution in [-0.4, -0.2) is 67.5 Å². The summed E-state index contributed by atoms with van der Waals surface area (Å²) < 4.78 is 55.0. The number of anilines is 2. The zero-order valence-electron chi connectivity index (χ0n) is 23.1. The van der Waals surface area contributed by atoms with Crippen LogP contribution < -0.4 is 10.0 Å². The molecule has 2 aromatic heterocycles. The first-order valence-electron chi connectivity index (χ1n) is 13.0. The minimum Gasteiger partial charge on any atom is -0.378 e. The number of aromatic nitrogens is 2. The molecule has 1 unspecified atom stereocenters. The van der Waals surface area contributed by atoms with E-state index < -0.39 is 20.0 Å². The Hall–Kier alpha value is -2.74. The molecule has 4 heterocycles. The van der Waals surface area contributed by atoms with Crippen LogP contribution in [-0.2, 0) is 26.5 Å². The number of aliphatic imine (C=N–C) groups is 1. The maximum Gasteiger partial charge on any atom is 0.229 e. The summed E-state index contributed by atoms with van der Waals surface area (Å²) in [5.41, 5.74) is 8.91. The fraction of sp³-hybridized carbons (Fsp3) is 0.407. The van der Waals surface area contributed by atoms with E-state index in [0.29, 0.717) is 25.2 Å². The first-order chi connectivity index (χ1) is 18.8. The third-order valence-electron chi connectivity index (χ3n) is 7.40. The molecule has 0 saturated carbocycles. The number of hydrogen-bond acceptors (Lipinski definition) is 7. The first-order valence-corrected chi connectivity index (χ1v) is 17.3. The van der Waals surface area contributed by atoms with E-state index in [4.69, 9.17) is 4.99 Å². The van der Waals surface area contributed by atoms with E-state index in [1.165, 1.54) is 0 Å². The number of pyridine rings is 1. The molecule has 2 N–H and O–H groups in total. The molecule has 13 heteroatoms. The van der Waals surface area contributed by atoms with Crippen molar-refractivity contribution in [3.8, 4) is 5.69 Å². The van der Waals surface area contributed by atoms with Gasteiger partial charge in [-0.2, -0.15) is 4.31 Å². The minimum atomic E-state index is -3.36. The van der Waals surface area contributed by atoms with Gasteiger partial charge >= 0.3 is 0 Å². The Bertz CT molecular complexity index is 1750. The molecule has 10 nitrogen and oxygen atoms in total. The van der Waals surface area contributed by atoms with Gasteiger partial charge in [-0.15, -0.1) is 0 Å². The molecule has 214 valence electrons. The molecule has 0 aliphatic carbocycles. The molecule has 0 amide bonds. The predicted octanol–water partition coefficient (Wildman–Crippen LogP) is 4.44. The van der Waals surface area contributed by atoms with Crippen molar-refractivity contribution in [3.63, 3.8) is 0 Å². The van der Waals surface area contributed by atoms with Crippen molar-refractivity contribution >= 4 is 58.8 Å². The Morgan fingerprint density at radius 3 is 2.55 bits per heavy atom. The Morgan fingerprint density at radius 1 is 1.12 bits per heavy atom. The van der Waals surface area contributed by atoms with Gasteiger partial charge in [0.2, 0.25) is 20.0 Å². The van der Waals surface area contributed by atoms with Gasteiger partial charge in [0.25, 0.3) is 0 Å². The summed E-state index contributed by atoms with van der Waals surface area (Å²) in [6.45, 7) is 8.65. The molecular weight excluding hydrogens is 616 g/mol. The summed E-state index contributed by atoms with van der Waals surface area (Å²) in [5.74, 6) is 0.0986. The van der Waals surface area contributed by atoms with Gasteiger partial charge in [-0.05, 0) is 79.9 Å². The number of nitrogens with zero attached hydrogens (tertiary/aromatic N) is 4. The van der Waals surface area contributed by atoms with Gasteiger partial charge in [0.05, 0.1) is 33.6 Å². The van der Waals surface area contributed by atoms with Crippen LogP contribution in [0.3, 0.4) is 0 Å². The lowest BCUT2D eigenvalue weighted by Gasteiger charge is -2.18. The molecule has 0 spiro atoms. The number of aryl methyl sites for hydroxylation is 2. The number of fused-ring (bicyclic) bond motifs is 1. The summed E-state index contributed by atoms with van der Waals surface area (Å²) in [5, 5.41) is 3.54. The summed E-state index contributed by atoms with van der Waals surface area (Å²) in [6.07, 6.45) is 4.21. The van der Waals surface area contributed by atoms with E-state index >= 15 is 0 Å². The standard InChI is InChI=1S/C27H33BrN6O4S2/c1-6-40(37,38)33-10-9-20(15-33)30-26-22(28)14-29-24-13-23(31-27(24)26)21-12-17(3)34(18(21)4)25-8-7-19(11-16(25)2)32-39(5,35)36/h7-8,11-12,14,20,32H,6,9-10,13,15H2,1-5H3,(H,29,30). The maximum absolute atomic E-state index is 12.3. The highest BCUT2D eigenvalue weighted by Gasteiger charge is 2.32. The molecule has 1 saturated heterocycles. The van der Waals surface area contributed by atoms with Crippen LogP contribution in [0.1, 0.15) is 41.6 Å². The van der Waals surface area contributed by atoms with E-state index in [1.807, 2.05) is 26.0 Å². The quantitative estimate of drug-likeness (QED) is 0.372. The van der Waals surface area contributed by atoms with Gasteiger partial charge in [-0.3, -0.25) is 9.71 Å². The van der Waals surface area contributed by atoms with E-state index in [0.717, 1.165) is 68.1 Å². The van der Waals surface area contributed by atoms with E-state index in [-0.39, 0.29) is 11.8 Å². The highest BCUT2D eigenvalue weighted by molar-refractivity contribution is 9.10. The number of sulfonamides is 2.